The van der Waals surface area contributed by atoms with Gasteiger partial charge >= 0.3 is 0 Å². The lowest BCUT2D eigenvalue weighted by atomic mass is 10.0. The van der Waals surface area contributed by atoms with Crippen molar-refractivity contribution in [2.75, 3.05) is 33.3 Å². The Bertz CT molecular complexity index is 325. The van der Waals surface area contributed by atoms with E-state index in [1.54, 1.807) is 4.31 Å². The molecule has 1 aliphatic heterocycles. The Balaban J connectivity index is 1.97. The van der Waals surface area contributed by atoms with Crippen LogP contribution in [0.15, 0.2) is 0 Å². The summed E-state index contributed by atoms with van der Waals surface area (Å²) in [5.41, 5.74) is 0. The molecule has 1 N–H and O–H groups in total. The number of hydrogen-bond donors (Lipinski definition) is 1. The van der Waals surface area contributed by atoms with Crippen molar-refractivity contribution in [3.8, 4) is 0 Å². The molecule has 1 heterocycles. The van der Waals surface area contributed by atoms with Crippen LogP contribution < -0.4 is 5.32 Å². The van der Waals surface area contributed by atoms with Crippen LogP contribution in [0.2, 0.25) is 0 Å². The van der Waals surface area contributed by atoms with Crippen molar-refractivity contribution in [2.45, 2.75) is 30.6 Å². The van der Waals surface area contributed by atoms with Crippen molar-refractivity contribution < 1.29 is 13.2 Å². The van der Waals surface area contributed by atoms with Gasteiger partial charge in [-0.15, -0.1) is 0 Å². The van der Waals surface area contributed by atoms with Crippen molar-refractivity contribution in [3.63, 3.8) is 0 Å². The van der Waals surface area contributed by atoms with Gasteiger partial charge in [-0.2, -0.15) is 4.31 Å². The van der Waals surface area contributed by atoms with Crippen molar-refractivity contribution in [3.05, 3.63) is 0 Å². The second kappa shape index (κ2) is 5.00. The van der Waals surface area contributed by atoms with E-state index in [4.69, 9.17) is 4.74 Å². The van der Waals surface area contributed by atoms with Crippen LogP contribution in [0.3, 0.4) is 0 Å². The van der Waals surface area contributed by atoms with E-state index >= 15 is 0 Å². The minimum atomic E-state index is -3.05. The van der Waals surface area contributed by atoms with Crippen molar-refractivity contribution in [1.82, 2.24) is 9.62 Å². The summed E-state index contributed by atoms with van der Waals surface area (Å²) in [6.07, 6.45) is 2.70. The molecule has 16 heavy (non-hydrogen) atoms. The maximum absolute atomic E-state index is 12.2. The number of hydrogen-bond acceptors (Lipinski definition) is 4. The topological polar surface area (TPSA) is 58.6 Å². The van der Waals surface area contributed by atoms with Crippen molar-refractivity contribution >= 4 is 10.0 Å². The minimum Gasteiger partial charge on any atom is -0.374 e. The quantitative estimate of drug-likeness (QED) is 0.748. The summed E-state index contributed by atoms with van der Waals surface area (Å²) in [4.78, 5) is 0. The molecule has 2 aliphatic rings. The molecule has 6 heteroatoms. The third kappa shape index (κ3) is 2.40. The molecular formula is C10H20N2O3S. The molecule has 0 amide bonds. The van der Waals surface area contributed by atoms with E-state index in [0.29, 0.717) is 26.2 Å². The minimum absolute atomic E-state index is 0.00592. The second-order valence-electron chi connectivity index (χ2n) is 4.51. The molecule has 1 saturated carbocycles. The van der Waals surface area contributed by atoms with Gasteiger partial charge in [0.1, 0.15) is 0 Å². The summed E-state index contributed by atoms with van der Waals surface area (Å²) in [6, 6.07) is 0. The maximum atomic E-state index is 12.2. The predicted octanol–water partition coefficient (Wildman–Crippen LogP) is -0.211. The molecular weight excluding hydrogens is 228 g/mol. The Hall–Kier alpha value is -0.170. The van der Waals surface area contributed by atoms with E-state index in [1.165, 1.54) is 0 Å². The van der Waals surface area contributed by atoms with Crippen LogP contribution in [0.1, 0.15) is 19.3 Å². The molecule has 0 spiro atoms. The molecule has 0 bridgehead atoms. The summed E-state index contributed by atoms with van der Waals surface area (Å²) in [6.45, 7) is 2.23. The highest BCUT2D eigenvalue weighted by Crippen LogP contribution is 2.29. The lowest BCUT2D eigenvalue weighted by Gasteiger charge is -2.36. The fraction of sp³-hybridized carbons (Fsp3) is 1.00. The van der Waals surface area contributed by atoms with Gasteiger partial charge in [-0.1, -0.05) is 6.42 Å². The molecule has 1 atom stereocenters. The molecule has 0 aromatic rings. The Labute approximate surface area is 97.2 Å². The van der Waals surface area contributed by atoms with Gasteiger partial charge in [0.05, 0.1) is 18.0 Å². The number of ether oxygens (including phenoxy) is 1. The number of morpholine rings is 1. The standard InChI is InChI=1S/C10H20N2O3S/c1-11-7-9-8-12(5-6-15-9)16(13,14)10-3-2-4-10/h9-11H,2-8H2,1H3. The molecule has 94 valence electrons. The molecule has 0 aromatic carbocycles. The smallest absolute Gasteiger partial charge is 0.217 e. The van der Waals surface area contributed by atoms with Crippen LogP contribution in [-0.2, 0) is 14.8 Å². The highest BCUT2D eigenvalue weighted by atomic mass is 32.2. The van der Waals surface area contributed by atoms with Gasteiger partial charge in [0, 0.05) is 19.6 Å². The normalized spacial score (nSPS) is 28.9. The summed E-state index contributed by atoms with van der Waals surface area (Å²) in [5.74, 6) is 0. The Morgan fingerprint density at radius 2 is 2.19 bits per heavy atom. The molecule has 0 radical (unpaired) electrons. The van der Waals surface area contributed by atoms with Crippen LogP contribution in [-0.4, -0.2) is 57.4 Å². The highest BCUT2D eigenvalue weighted by Gasteiger charge is 2.38. The molecule has 2 rings (SSSR count). The van der Waals surface area contributed by atoms with E-state index in [0.717, 1.165) is 19.3 Å². The molecule has 2 fully saturated rings. The average molecular weight is 248 g/mol. The maximum Gasteiger partial charge on any atom is 0.217 e. The van der Waals surface area contributed by atoms with Crippen LogP contribution in [0, 0.1) is 0 Å². The second-order valence-corrected chi connectivity index (χ2v) is 6.72. The molecule has 1 saturated heterocycles. The molecule has 1 unspecified atom stereocenters. The fourth-order valence-corrected chi connectivity index (χ4v) is 4.21. The third-order valence-corrected chi connectivity index (χ3v) is 5.73. The third-order valence-electron chi connectivity index (χ3n) is 3.37. The zero-order valence-corrected chi connectivity index (χ0v) is 10.5. The van der Waals surface area contributed by atoms with Crippen LogP contribution in [0.5, 0.6) is 0 Å². The Kier molecular flexibility index (Phi) is 3.84. The first kappa shape index (κ1) is 12.3. The van der Waals surface area contributed by atoms with E-state index in [-0.39, 0.29) is 11.4 Å². The van der Waals surface area contributed by atoms with Gasteiger partial charge in [0.2, 0.25) is 10.0 Å². The molecule has 0 aromatic heterocycles. The van der Waals surface area contributed by atoms with Gasteiger partial charge in [0.15, 0.2) is 0 Å². The number of likely N-dealkylation sites (N-methyl/N-ethyl adjacent to an activating group) is 1. The number of nitrogens with one attached hydrogen (secondary N) is 1. The van der Waals surface area contributed by atoms with Crippen LogP contribution >= 0.6 is 0 Å². The van der Waals surface area contributed by atoms with Gasteiger partial charge in [-0.25, -0.2) is 8.42 Å². The average Bonchev–Trinajstić information content (AvgIpc) is 2.15. The Morgan fingerprint density at radius 1 is 1.44 bits per heavy atom. The van der Waals surface area contributed by atoms with Crippen molar-refractivity contribution in [2.24, 2.45) is 0 Å². The fourth-order valence-electron chi connectivity index (χ4n) is 2.15. The first-order valence-corrected chi connectivity index (χ1v) is 7.40. The molecule has 1 aliphatic carbocycles. The van der Waals surface area contributed by atoms with Gasteiger partial charge in [-0.3, -0.25) is 0 Å². The zero-order valence-electron chi connectivity index (χ0n) is 9.68. The summed E-state index contributed by atoms with van der Waals surface area (Å²) in [7, 11) is -1.20. The lowest BCUT2D eigenvalue weighted by molar-refractivity contribution is 0.000291. The summed E-state index contributed by atoms with van der Waals surface area (Å²) in [5, 5.41) is 2.90. The Morgan fingerprint density at radius 3 is 2.75 bits per heavy atom. The van der Waals surface area contributed by atoms with E-state index < -0.39 is 10.0 Å². The predicted molar refractivity (Wildman–Crippen MR) is 61.8 cm³/mol. The largest absolute Gasteiger partial charge is 0.374 e. The van der Waals surface area contributed by atoms with E-state index in [2.05, 4.69) is 5.32 Å². The van der Waals surface area contributed by atoms with Gasteiger partial charge in [-0.05, 0) is 19.9 Å². The first-order valence-electron chi connectivity index (χ1n) is 5.89. The monoisotopic (exact) mass is 248 g/mol. The van der Waals surface area contributed by atoms with Gasteiger partial charge < -0.3 is 10.1 Å². The van der Waals surface area contributed by atoms with Crippen LogP contribution in [0.4, 0.5) is 0 Å². The lowest BCUT2D eigenvalue weighted by Crippen LogP contribution is -2.52. The molecule has 5 nitrogen and oxygen atoms in total. The zero-order chi connectivity index (χ0) is 11.6. The van der Waals surface area contributed by atoms with Gasteiger partial charge in [0.25, 0.3) is 0 Å². The van der Waals surface area contributed by atoms with E-state index in [1.807, 2.05) is 7.05 Å². The van der Waals surface area contributed by atoms with Crippen LogP contribution in [0.25, 0.3) is 0 Å². The summed E-state index contributed by atoms with van der Waals surface area (Å²) < 4.78 is 31.5. The van der Waals surface area contributed by atoms with E-state index in [9.17, 15) is 8.42 Å². The number of nitrogens with zero attached hydrogens (tertiary/aromatic N) is 1. The number of sulfonamides is 1. The highest BCUT2D eigenvalue weighted by molar-refractivity contribution is 7.89. The number of rotatable bonds is 4. The first-order chi connectivity index (χ1) is 7.64. The summed E-state index contributed by atoms with van der Waals surface area (Å²) >= 11 is 0. The SMILES string of the molecule is CNCC1CN(S(=O)(=O)C2CCC2)CCO1. The van der Waals surface area contributed by atoms with Crippen molar-refractivity contribution in [1.29, 1.82) is 0 Å².